The van der Waals surface area contributed by atoms with Crippen molar-refractivity contribution >= 4 is 10.8 Å². The van der Waals surface area contributed by atoms with Gasteiger partial charge in [0.2, 0.25) is 0 Å². The molecule has 4 heteroatoms. The molecule has 2 atom stereocenters. The van der Waals surface area contributed by atoms with Gasteiger partial charge in [0.25, 0.3) is 0 Å². The Bertz CT molecular complexity index is 800. The fourth-order valence-corrected chi connectivity index (χ4v) is 3.19. The molecule has 0 spiro atoms. The second kappa shape index (κ2) is 5.80. The molecule has 4 nitrogen and oxygen atoms in total. The van der Waals surface area contributed by atoms with Crippen molar-refractivity contribution in [3.8, 4) is 0 Å². The van der Waals surface area contributed by atoms with E-state index in [1.165, 1.54) is 10.8 Å². The van der Waals surface area contributed by atoms with E-state index in [2.05, 4.69) is 58.9 Å². The van der Waals surface area contributed by atoms with Crippen LogP contribution in [0.1, 0.15) is 18.9 Å². The van der Waals surface area contributed by atoms with Crippen molar-refractivity contribution in [1.29, 1.82) is 0 Å². The van der Waals surface area contributed by atoms with Gasteiger partial charge in [-0.25, -0.2) is 4.98 Å². The van der Waals surface area contributed by atoms with Gasteiger partial charge >= 0.3 is 0 Å². The lowest BCUT2D eigenvalue weighted by Crippen LogP contribution is -2.29. The highest BCUT2D eigenvalue weighted by molar-refractivity contribution is 5.83. The molecule has 0 bridgehead atoms. The Kier molecular flexibility index (Phi) is 3.63. The maximum absolute atomic E-state index is 6.23. The number of hydrogen-bond acceptors (Lipinski definition) is 3. The molecule has 1 aliphatic rings. The van der Waals surface area contributed by atoms with Gasteiger partial charge < -0.3 is 14.0 Å². The molecule has 4 rings (SSSR count). The predicted octanol–water partition coefficient (Wildman–Crippen LogP) is 3.71. The Hall–Kier alpha value is -2.17. The lowest BCUT2D eigenvalue weighted by Gasteiger charge is -2.29. The number of aromatic nitrogens is 2. The third-order valence-corrected chi connectivity index (χ3v) is 4.39. The van der Waals surface area contributed by atoms with Gasteiger partial charge in [0, 0.05) is 30.9 Å². The minimum Gasteiger partial charge on any atom is -0.343 e. The largest absolute Gasteiger partial charge is 0.343 e. The number of benzene rings is 2. The van der Waals surface area contributed by atoms with Crippen LogP contribution in [-0.2, 0) is 21.8 Å². The van der Waals surface area contributed by atoms with Crippen molar-refractivity contribution in [2.24, 2.45) is 0 Å². The van der Waals surface area contributed by atoms with Gasteiger partial charge in [-0.15, -0.1) is 0 Å². The monoisotopic (exact) mass is 308 g/mol. The summed E-state index contributed by atoms with van der Waals surface area (Å²) in [5.41, 5.74) is 1.08. The Labute approximate surface area is 135 Å². The quantitative estimate of drug-likeness (QED) is 0.737. The van der Waals surface area contributed by atoms with E-state index >= 15 is 0 Å². The highest BCUT2D eigenvalue weighted by atomic mass is 16.7. The Morgan fingerprint density at radius 1 is 1.22 bits per heavy atom. The standard InChI is InChI=1S/C19H20N2O2/c1-15-13-22-19(23-15,8-10-21-11-9-20-14-21)18-7-6-16-4-2-3-5-17(16)12-18/h2-7,9,11-12,14-15H,8,10,13H2,1H3. The van der Waals surface area contributed by atoms with Gasteiger partial charge in [-0.2, -0.15) is 0 Å². The Balaban J connectivity index is 1.68. The van der Waals surface area contributed by atoms with Crippen LogP contribution in [0, 0.1) is 0 Å². The fraction of sp³-hybridized carbons (Fsp3) is 0.316. The van der Waals surface area contributed by atoms with Crippen molar-refractivity contribution in [3.05, 3.63) is 66.7 Å². The average Bonchev–Trinajstić information content (AvgIpc) is 3.23. The van der Waals surface area contributed by atoms with Gasteiger partial charge in [-0.3, -0.25) is 0 Å². The topological polar surface area (TPSA) is 36.3 Å². The minimum absolute atomic E-state index is 0.101. The summed E-state index contributed by atoms with van der Waals surface area (Å²) >= 11 is 0. The first kappa shape index (κ1) is 14.4. The SMILES string of the molecule is CC1COC(CCn2ccnc2)(c2ccc3ccccc3c2)O1. The van der Waals surface area contributed by atoms with Gasteiger partial charge in [0.15, 0.2) is 5.79 Å². The highest BCUT2D eigenvalue weighted by Gasteiger charge is 2.41. The Morgan fingerprint density at radius 3 is 2.83 bits per heavy atom. The van der Waals surface area contributed by atoms with E-state index in [-0.39, 0.29) is 6.10 Å². The van der Waals surface area contributed by atoms with Crippen LogP contribution in [0.15, 0.2) is 61.2 Å². The molecule has 0 radical (unpaired) electrons. The van der Waals surface area contributed by atoms with Gasteiger partial charge in [0.1, 0.15) is 0 Å². The summed E-state index contributed by atoms with van der Waals surface area (Å²) in [5.74, 6) is -0.673. The molecule has 118 valence electrons. The molecular weight excluding hydrogens is 288 g/mol. The summed E-state index contributed by atoms with van der Waals surface area (Å²) in [7, 11) is 0. The normalized spacial score (nSPS) is 24.3. The lowest BCUT2D eigenvalue weighted by atomic mass is 9.98. The van der Waals surface area contributed by atoms with Crippen LogP contribution >= 0.6 is 0 Å². The van der Waals surface area contributed by atoms with E-state index in [4.69, 9.17) is 9.47 Å². The minimum atomic E-state index is -0.673. The number of ether oxygens (including phenoxy) is 2. The van der Waals surface area contributed by atoms with Crippen LogP contribution < -0.4 is 0 Å². The lowest BCUT2D eigenvalue weighted by molar-refractivity contribution is -0.181. The summed E-state index contributed by atoms with van der Waals surface area (Å²) < 4.78 is 14.4. The van der Waals surface area contributed by atoms with Crippen LogP contribution in [0.4, 0.5) is 0 Å². The molecule has 0 N–H and O–H groups in total. The maximum Gasteiger partial charge on any atom is 0.197 e. The second-order valence-electron chi connectivity index (χ2n) is 6.10. The summed E-state index contributed by atoms with van der Waals surface area (Å²) in [6, 6.07) is 14.8. The maximum atomic E-state index is 6.23. The molecule has 2 aromatic carbocycles. The van der Waals surface area contributed by atoms with E-state index in [9.17, 15) is 0 Å². The summed E-state index contributed by atoms with van der Waals surface area (Å²) in [6.07, 6.45) is 6.44. The van der Waals surface area contributed by atoms with Gasteiger partial charge in [-0.1, -0.05) is 36.4 Å². The molecule has 1 saturated heterocycles. The molecule has 2 unspecified atom stereocenters. The van der Waals surface area contributed by atoms with Gasteiger partial charge in [0.05, 0.1) is 19.0 Å². The molecule has 3 aromatic rings. The smallest absolute Gasteiger partial charge is 0.197 e. The molecule has 1 aliphatic heterocycles. The molecule has 0 amide bonds. The molecule has 0 aliphatic carbocycles. The molecule has 0 saturated carbocycles. The number of rotatable bonds is 4. The van der Waals surface area contributed by atoms with E-state index in [1.807, 2.05) is 12.5 Å². The summed E-state index contributed by atoms with van der Waals surface area (Å²) in [4.78, 5) is 4.10. The van der Waals surface area contributed by atoms with E-state index < -0.39 is 5.79 Å². The third-order valence-electron chi connectivity index (χ3n) is 4.39. The van der Waals surface area contributed by atoms with Crippen LogP contribution in [0.3, 0.4) is 0 Å². The Morgan fingerprint density at radius 2 is 2.09 bits per heavy atom. The second-order valence-corrected chi connectivity index (χ2v) is 6.10. The van der Waals surface area contributed by atoms with E-state index in [1.54, 1.807) is 6.20 Å². The molecule has 2 heterocycles. The van der Waals surface area contributed by atoms with Crippen LogP contribution in [-0.4, -0.2) is 22.3 Å². The number of hydrogen-bond donors (Lipinski definition) is 0. The molecule has 23 heavy (non-hydrogen) atoms. The van der Waals surface area contributed by atoms with Crippen molar-refractivity contribution < 1.29 is 9.47 Å². The zero-order valence-corrected chi connectivity index (χ0v) is 13.2. The van der Waals surface area contributed by atoms with Crippen molar-refractivity contribution in [2.45, 2.75) is 31.8 Å². The van der Waals surface area contributed by atoms with E-state index in [0.717, 1.165) is 18.5 Å². The van der Waals surface area contributed by atoms with Crippen molar-refractivity contribution in [3.63, 3.8) is 0 Å². The number of nitrogens with zero attached hydrogens (tertiary/aromatic N) is 2. The van der Waals surface area contributed by atoms with Gasteiger partial charge in [-0.05, 0) is 23.8 Å². The predicted molar refractivity (Wildman–Crippen MR) is 89.0 cm³/mol. The van der Waals surface area contributed by atoms with Crippen molar-refractivity contribution in [2.75, 3.05) is 6.61 Å². The first-order chi connectivity index (χ1) is 11.3. The fourth-order valence-electron chi connectivity index (χ4n) is 3.19. The van der Waals surface area contributed by atoms with Crippen LogP contribution in [0.2, 0.25) is 0 Å². The average molecular weight is 308 g/mol. The number of aryl methyl sites for hydroxylation is 1. The summed E-state index contributed by atoms with van der Waals surface area (Å²) in [5, 5.41) is 2.44. The first-order valence-electron chi connectivity index (χ1n) is 8.02. The number of fused-ring (bicyclic) bond motifs is 1. The number of imidazole rings is 1. The van der Waals surface area contributed by atoms with Crippen molar-refractivity contribution in [1.82, 2.24) is 9.55 Å². The molecular formula is C19H20N2O2. The van der Waals surface area contributed by atoms with Crippen LogP contribution in [0.25, 0.3) is 10.8 Å². The summed E-state index contributed by atoms with van der Waals surface area (Å²) in [6.45, 7) is 3.48. The zero-order valence-electron chi connectivity index (χ0n) is 13.2. The molecule has 1 aromatic heterocycles. The van der Waals surface area contributed by atoms with E-state index in [0.29, 0.717) is 6.61 Å². The zero-order chi connectivity index (χ0) is 15.7. The highest BCUT2D eigenvalue weighted by Crippen LogP contribution is 2.38. The van der Waals surface area contributed by atoms with Crippen LogP contribution in [0.5, 0.6) is 0 Å². The molecule has 1 fully saturated rings. The first-order valence-corrected chi connectivity index (χ1v) is 8.02. The third kappa shape index (κ3) is 2.76.